The van der Waals surface area contributed by atoms with Crippen molar-refractivity contribution >= 4 is 23.2 Å². The first-order valence-electron chi connectivity index (χ1n) is 9.00. The molecule has 1 aromatic rings. The molecule has 5 nitrogen and oxygen atoms in total. The number of hydrogen-bond acceptors (Lipinski definition) is 4. The first kappa shape index (κ1) is 21.4. The number of thiocarbonyl (C=S) groups is 1. The zero-order valence-corrected chi connectivity index (χ0v) is 16.6. The fourth-order valence-electron chi connectivity index (χ4n) is 2.20. The van der Waals surface area contributed by atoms with E-state index in [0.29, 0.717) is 29.7 Å². The summed E-state index contributed by atoms with van der Waals surface area (Å²) < 4.78 is 5.65. The van der Waals surface area contributed by atoms with Crippen LogP contribution < -0.4 is 15.4 Å². The van der Waals surface area contributed by atoms with Gasteiger partial charge in [-0.2, -0.15) is 0 Å². The Labute approximate surface area is 157 Å². The van der Waals surface area contributed by atoms with E-state index in [0.717, 1.165) is 31.8 Å². The number of likely N-dealkylation sites (N-methyl/N-ethyl adjacent to an activating group) is 1. The zero-order chi connectivity index (χ0) is 18.7. The van der Waals surface area contributed by atoms with Crippen molar-refractivity contribution in [2.75, 3.05) is 32.8 Å². The third-order valence-electron chi connectivity index (χ3n) is 3.92. The molecule has 140 valence electrons. The molecule has 0 heterocycles. The van der Waals surface area contributed by atoms with Crippen molar-refractivity contribution in [3.63, 3.8) is 0 Å². The van der Waals surface area contributed by atoms with Gasteiger partial charge in [0.1, 0.15) is 5.75 Å². The molecule has 1 rings (SSSR count). The summed E-state index contributed by atoms with van der Waals surface area (Å²) in [6.45, 7) is 12.9. The average molecular weight is 366 g/mol. The number of hydrogen-bond donors (Lipinski definition) is 2. The smallest absolute Gasteiger partial charge is 0.257 e. The van der Waals surface area contributed by atoms with Crippen LogP contribution in [0.15, 0.2) is 24.3 Å². The lowest BCUT2D eigenvalue weighted by Gasteiger charge is -2.18. The van der Waals surface area contributed by atoms with Crippen molar-refractivity contribution in [3.05, 3.63) is 29.8 Å². The summed E-state index contributed by atoms with van der Waals surface area (Å²) in [5.41, 5.74) is 0.559. The van der Waals surface area contributed by atoms with Crippen LogP contribution in [0.4, 0.5) is 0 Å². The lowest BCUT2D eigenvalue weighted by molar-refractivity contribution is 0.0976. The number of carbonyl (C=O) groups excluding carboxylic acids is 1. The Morgan fingerprint density at radius 1 is 1.20 bits per heavy atom. The topological polar surface area (TPSA) is 53.6 Å². The maximum Gasteiger partial charge on any atom is 0.257 e. The van der Waals surface area contributed by atoms with E-state index in [1.54, 1.807) is 12.1 Å². The average Bonchev–Trinajstić information content (AvgIpc) is 2.59. The van der Waals surface area contributed by atoms with Crippen molar-refractivity contribution in [3.8, 4) is 5.75 Å². The molecule has 0 bridgehead atoms. The molecule has 6 heteroatoms. The van der Waals surface area contributed by atoms with Gasteiger partial charge in [-0.3, -0.25) is 10.1 Å². The maximum absolute atomic E-state index is 12.2. The van der Waals surface area contributed by atoms with Gasteiger partial charge in [-0.25, -0.2) is 0 Å². The Morgan fingerprint density at radius 2 is 1.84 bits per heavy atom. The van der Waals surface area contributed by atoms with Crippen LogP contribution in [0, 0.1) is 5.92 Å². The summed E-state index contributed by atoms with van der Waals surface area (Å²) in [5.74, 6) is 1.17. The molecular weight excluding hydrogens is 334 g/mol. The van der Waals surface area contributed by atoms with Gasteiger partial charge in [-0.15, -0.1) is 0 Å². The van der Waals surface area contributed by atoms with Gasteiger partial charge in [0.05, 0.1) is 6.61 Å². The summed E-state index contributed by atoms with van der Waals surface area (Å²) in [6, 6.07) is 7.12. The van der Waals surface area contributed by atoms with Crippen LogP contribution in [-0.4, -0.2) is 48.7 Å². The molecule has 0 radical (unpaired) electrons. The van der Waals surface area contributed by atoms with Gasteiger partial charge in [-0.1, -0.05) is 27.7 Å². The molecule has 0 aromatic heterocycles. The van der Waals surface area contributed by atoms with Crippen molar-refractivity contribution in [1.82, 2.24) is 15.5 Å². The largest absolute Gasteiger partial charge is 0.494 e. The second-order valence-electron chi connectivity index (χ2n) is 6.29. The first-order valence-corrected chi connectivity index (χ1v) is 9.41. The number of benzene rings is 1. The van der Waals surface area contributed by atoms with Gasteiger partial charge in [0.15, 0.2) is 5.11 Å². The summed E-state index contributed by atoms with van der Waals surface area (Å²) in [4.78, 5) is 14.5. The Balaban J connectivity index is 2.37. The summed E-state index contributed by atoms with van der Waals surface area (Å²) in [7, 11) is 0. The van der Waals surface area contributed by atoms with Gasteiger partial charge in [0.25, 0.3) is 5.91 Å². The molecule has 1 aromatic carbocycles. The van der Waals surface area contributed by atoms with Crippen LogP contribution in [-0.2, 0) is 0 Å². The summed E-state index contributed by atoms with van der Waals surface area (Å²) in [5, 5.41) is 6.13. The SMILES string of the molecule is CCN(CC)CCNC(=S)NC(=O)c1ccc(OCCC(C)C)cc1. The van der Waals surface area contributed by atoms with E-state index in [1.807, 2.05) is 12.1 Å². The van der Waals surface area contributed by atoms with Crippen LogP contribution in [0.5, 0.6) is 5.75 Å². The third kappa shape index (κ3) is 8.84. The number of nitrogens with one attached hydrogen (secondary N) is 2. The van der Waals surface area contributed by atoms with E-state index in [1.165, 1.54) is 0 Å². The fourth-order valence-corrected chi connectivity index (χ4v) is 2.40. The second kappa shape index (κ2) is 11.8. The predicted molar refractivity (Wildman–Crippen MR) is 107 cm³/mol. The van der Waals surface area contributed by atoms with Crippen molar-refractivity contribution in [1.29, 1.82) is 0 Å². The van der Waals surface area contributed by atoms with Gasteiger partial charge in [0.2, 0.25) is 0 Å². The van der Waals surface area contributed by atoms with Gasteiger partial charge >= 0.3 is 0 Å². The maximum atomic E-state index is 12.2. The van der Waals surface area contributed by atoms with E-state index < -0.39 is 0 Å². The molecule has 0 aliphatic rings. The van der Waals surface area contributed by atoms with Gasteiger partial charge < -0.3 is 15.0 Å². The van der Waals surface area contributed by atoms with E-state index >= 15 is 0 Å². The lowest BCUT2D eigenvalue weighted by atomic mass is 10.1. The minimum atomic E-state index is -0.214. The van der Waals surface area contributed by atoms with Gasteiger partial charge in [0, 0.05) is 18.7 Å². The molecule has 0 aliphatic heterocycles. The van der Waals surface area contributed by atoms with Crippen LogP contribution in [0.2, 0.25) is 0 Å². The Hall–Kier alpha value is -1.66. The van der Waals surface area contributed by atoms with E-state index in [4.69, 9.17) is 17.0 Å². The molecule has 25 heavy (non-hydrogen) atoms. The Morgan fingerprint density at radius 3 is 2.40 bits per heavy atom. The second-order valence-corrected chi connectivity index (χ2v) is 6.70. The monoisotopic (exact) mass is 365 g/mol. The molecule has 0 fully saturated rings. The standard InChI is InChI=1S/C19H31N3O2S/c1-5-22(6-2)13-12-20-19(25)21-18(23)16-7-9-17(10-8-16)24-14-11-15(3)4/h7-10,15H,5-6,11-14H2,1-4H3,(H2,20,21,23,25). The zero-order valence-electron chi connectivity index (χ0n) is 15.8. The highest BCUT2D eigenvalue weighted by Gasteiger charge is 2.08. The molecule has 1 amide bonds. The van der Waals surface area contributed by atoms with E-state index in [-0.39, 0.29) is 5.91 Å². The number of carbonyl (C=O) groups is 1. The quantitative estimate of drug-likeness (QED) is 0.624. The van der Waals surface area contributed by atoms with Crippen LogP contribution >= 0.6 is 12.2 Å². The molecule has 0 atom stereocenters. The highest BCUT2D eigenvalue weighted by molar-refractivity contribution is 7.80. The highest BCUT2D eigenvalue weighted by Crippen LogP contribution is 2.13. The lowest BCUT2D eigenvalue weighted by Crippen LogP contribution is -2.42. The van der Waals surface area contributed by atoms with Crippen LogP contribution in [0.25, 0.3) is 0 Å². The number of nitrogens with zero attached hydrogens (tertiary/aromatic N) is 1. The summed E-state index contributed by atoms with van der Waals surface area (Å²) in [6.07, 6.45) is 1.01. The minimum Gasteiger partial charge on any atom is -0.494 e. The van der Waals surface area contributed by atoms with Crippen LogP contribution in [0.1, 0.15) is 44.5 Å². The highest BCUT2D eigenvalue weighted by atomic mass is 32.1. The minimum absolute atomic E-state index is 0.214. The number of ether oxygens (including phenoxy) is 1. The molecule has 0 saturated heterocycles. The third-order valence-corrected chi connectivity index (χ3v) is 4.16. The molecular formula is C19H31N3O2S. The van der Waals surface area contributed by atoms with Gasteiger partial charge in [-0.05, 0) is 61.9 Å². The molecule has 0 aliphatic carbocycles. The van der Waals surface area contributed by atoms with Crippen molar-refractivity contribution in [2.45, 2.75) is 34.1 Å². The normalized spacial score (nSPS) is 10.8. The first-order chi connectivity index (χ1) is 12.0. The molecule has 2 N–H and O–H groups in total. The fraction of sp³-hybridized carbons (Fsp3) is 0.579. The Bertz CT molecular complexity index is 528. The molecule has 0 saturated carbocycles. The summed E-state index contributed by atoms with van der Waals surface area (Å²) >= 11 is 5.18. The van der Waals surface area contributed by atoms with Crippen molar-refractivity contribution < 1.29 is 9.53 Å². The Kier molecular flexibility index (Phi) is 10.1. The van der Waals surface area contributed by atoms with Crippen LogP contribution in [0.3, 0.4) is 0 Å². The van der Waals surface area contributed by atoms with E-state index in [9.17, 15) is 4.79 Å². The van der Waals surface area contributed by atoms with Crippen molar-refractivity contribution in [2.24, 2.45) is 5.92 Å². The molecule has 0 unspecified atom stereocenters. The number of amides is 1. The molecule has 0 spiro atoms. The number of rotatable bonds is 10. The van der Waals surface area contributed by atoms with E-state index in [2.05, 4.69) is 43.2 Å². The predicted octanol–water partition coefficient (Wildman–Crippen LogP) is 3.06.